The van der Waals surface area contributed by atoms with Crippen molar-refractivity contribution in [3.8, 4) is 0 Å². The third-order valence-electron chi connectivity index (χ3n) is 5.80. The first-order valence-electron chi connectivity index (χ1n) is 10.5. The minimum Gasteiger partial charge on any atom is -0.354 e. The predicted octanol–water partition coefficient (Wildman–Crippen LogP) is 3.11. The van der Waals surface area contributed by atoms with Crippen LogP contribution < -0.4 is 15.6 Å². The summed E-state index contributed by atoms with van der Waals surface area (Å²) in [6, 6.07) is 0.338. The van der Waals surface area contributed by atoms with Gasteiger partial charge in [-0.2, -0.15) is 13.2 Å². The van der Waals surface area contributed by atoms with Gasteiger partial charge < -0.3 is 9.80 Å². The Morgan fingerprint density at radius 2 is 1.71 bits per heavy atom. The molecule has 0 aromatic carbocycles. The zero-order valence-corrected chi connectivity index (χ0v) is 17.8. The van der Waals surface area contributed by atoms with Crippen molar-refractivity contribution in [2.75, 3.05) is 23.0 Å². The van der Waals surface area contributed by atoms with Gasteiger partial charge in [0.2, 0.25) is 5.95 Å². The molecule has 2 N–H and O–H groups in total. The molecular formula is C20H21F5N8O. The zero-order chi connectivity index (χ0) is 24.5. The van der Waals surface area contributed by atoms with Crippen LogP contribution in [0.15, 0.2) is 24.7 Å². The molecule has 1 aliphatic heterocycles. The third kappa shape index (κ3) is 4.90. The van der Waals surface area contributed by atoms with Gasteiger partial charge in [0.1, 0.15) is 6.34 Å². The summed E-state index contributed by atoms with van der Waals surface area (Å²) in [4.78, 5) is 28.0. The number of carbonyl (C=O) groups is 1. The fraction of sp³-hybridized carbons (Fsp3) is 0.450. The molecular weight excluding hydrogens is 463 g/mol. The summed E-state index contributed by atoms with van der Waals surface area (Å²) in [7, 11) is 0. The van der Waals surface area contributed by atoms with Crippen molar-refractivity contribution in [1.29, 1.82) is 5.41 Å². The van der Waals surface area contributed by atoms with Crippen LogP contribution in [-0.4, -0.2) is 57.3 Å². The highest BCUT2D eigenvalue weighted by molar-refractivity contribution is 5.94. The normalized spacial score (nSPS) is 16.9. The van der Waals surface area contributed by atoms with Crippen LogP contribution in [0, 0.1) is 11.2 Å². The van der Waals surface area contributed by atoms with E-state index in [0.717, 1.165) is 12.8 Å². The topological polar surface area (TPSA) is 101 Å². The lowest BCUT2D eigenvalue weighted by Crippen LogP contribution is -2.49. The van der Waals surface area contributed by atoms with Crippen molar-refractivity contribution in [3.63, 3.8) is 0 Å². The number of hydrazine groups is 1. The molecule has 0 atom stereocenters. The van der Waals surface area contributed by atoms with Gasteiger partial charge in [0.05, 0.1) is 11.1 Å². The summed E-state index contributed by atoms with van der Waals surface area (Å²) >= 11 is 0. The molecule has 3 heterocycles. The second-order valence-electron chi connectivity index (χ2n) is 8.04. The van der Waals surface area contributed by atoms with Gasteiger partial charge in [-0.25, -0.2) is 24.4 Å². The number of halogens is 5. The fourth-order valence-corrected chi connectivity index (χ4v) is 3.98. The standard InChI is InChI=1S/C20H21F5N8O/c21-16-7-13(20(22,23)24)10-27-17(16)31-5-3-15(4-6-31)33(14-1-2-14)18(34)12-8-28-19(29-9-12)32(11-26)30-25/h7-11,14-15,26,30H,1-6H2. The summed E-state index contributed by atoms with van der Waals surface area (Å²) in [6.07, 6.45) is 1.73. The van der Waals surface area contributed by atoms with E-state index in [1.54, 1.807) is 9.80 Å². The molecule has 0 unspecified atom stereocenters. The summed E-state index contributed by atoms with van der Waals surface area (Å²) in [5.41, 5.74) is 0.290. The molecule has 34 heavy (non-hydrogen) atoms. The number of rotatable bonds is 7. The average molecular weight is 484 g/mol. The molecule has 2 aromatic heterocycles. The van der Waals surface area contributed by atoms with E-state index in [0.29, 0.717) is 49.5 Å². The molecule has 1 aliphatic carbocycles. The fourth-order valence-electron chi connectivity index (χ4n) is 3.98. The molecule has 14 heteroatoms. The summed E-state index contributed by atoms with van der Waals surface area (Å²) in [5.74, 6) is -1.62. The molecule has 182 valence electrons. The van der Waals surface area contributed by atoms with Gasteiger partial charge in [-0.3, -0.25) is 10.2 Å². The van der Waals surface area contributed by atoms with Gasteiger partial charge >= 0.3 is 6.18 Å². The number of pyridine rings is 1. The summed E-state index contributed by atoms with van der Waals surface area (Å²) in [6.45, 7) is 0.644. The maximum atomic E-state index is 14.3. The number of hydrogen-bond donors (Lipinski definition) is 2. The number of nitrogens with zero attached hydrogens (tertiary/aromatic N) is 6. The van der Waals surface area contributed by atoms with Crippen molar-refractivity contribution >= 4 is 24.0 Å². The largest absolute Gasteiger partial charge is 0.417 e. The van der Waals surface area contributed by atoms with E-state index in [1.165, 1.54) is 18.0 Å². The second kappa shape index (κ2) is 9.44. The van der Waals surface area contributed by atoms with E-state index in [9.17, 15) is 26.8 Å². The van der Waals surface area contributed by atoms with E-state index in [1.807, 2.05) is 0 Å². The Bertz CT molecular complexity index is 1040. The van der Waals surface area contributed by atoms with Crippen LogP contribution in [0.25, 0.3) is 0 Å². The first kappa shape index (κ1) is 23.7. The van der Waals surface area contributed by atoms with E-state index >= 15 is 0 Å². The summed E-state index contributed by atoms with van der Waals surface area (Å²) < 4.78 is 65.3. The molecule has 0 bridgehead atoms. The van der Waals surface area contributed by atoms with Crippen LogP contribution in [0.3, 0.4) is 0 Å². The van der Waals surface area contributed by atoms with Crippen LogP contribution in [0.5, 0.6) is 0 Å². The van der Waals surface area contributed by atoms with Gasteiger partial charge in [-0.1, -0.05) is 5.65 Å². The molecule has 9 nitrogen and oxygen atoms in total. The van der Waals surface area contributed by atoms with Crippen LogP contribution in [0.2, 0.25) is 0 Å². The van der Waals surface area contributed by atoms with Crippen molar-refractivity contribution < 1.29 is 26.8 Å². The lowest BCUT2D eigenvalue weighted by atomic mass is 10.0. The van der Waals surface area contributed by atoms with E-state index < -0.39 is 17.6 Å². The highest BCUT2D eigenvalue weighted by Crippen LogP contribution is 2.35. The molecule has 2 aromatic rings. The van der Waals surface area contributed by atoms with Gasteiger partial charge in [0, 0.05) is 43.8 Å². The second-order valence-corrected chi connectivity index (χ2v) is 8.04. The van der Waals surface area contributed by atoms with Gasteiger partial charge in [0.15, 0.2) is 11.6 Å². The number of piperidine rings is 1. The van der Waals surface area contributed by atoms with Crippen molar-refractivity contribution in [3.05, 3.63) is 41.6 Å². The Morgan fingerprint density at radius 1 is 1.09 bits per heavy atom. The van der Waals surface area contributed by atoms with Crippen molar-refractivity contribution in [2.45, 2.75) is 43.9 Å². The Kier molecular flexibility index (Phi) is 6.59. The highest BCUT2D eigenvalue weighted by Gasteiger charge is 2.40. The highest BCUT2D eigenvalue weighted by atomic mass is 19.4. The number of nitrogens with one attached hydrogen (secondary N) is 2. The Morgan fingerprint density at radius 3 is 2.21 bits per heavy atom. The van der Waals surface area contributed by atoms with Crippen molar-refractivity contribution in [1.82, 2.24) is 25.5 Å². The molecule has 1 saturated heterocycles. The average Bonchev–Trinajstić information content (AvgIpc) is 3.65. The summed E-state index contributed by atoms with van der Waals surface area (Å²) in [5, 5.41) is 7.72. The molecule has 1 amide bonds. The van der Waals surface area contributed by atoms with E-state index in [2.05, 4.69) is 15.0 Å². The van der Waals surface area contributed by atoms with Crippen LogP contribution in [-0.2, 0) is 6.18 Å². The van der Waals surface area contributed by atoms with Gasteiger partial charge in [-0.05, 0) is 31.7 Å². The lowest BCUT2D eigenvalue weighted by Gasteiger charge is -2.39. The minimum absolute atomic E-state index is 0.0511. The molecule has 1 saturated carbocycles. The van der Waals surface area contributed by atoms with E-state index in [4.69, 9.17) is 5.41 Å². The van der Waals surface area contributed by atoms with Crippen LogP contribution >= 0.6 is 0 Å². The first-order chi connectivity index (χ1) is 16.2. The van der Waals surface area contributed by atoms with E-state index in [-0.39, 0.29) is 35.3 Å². The maximum Gasteiger partial charge on any atom is 0.417 e. The first-order valence-corrected chi connectivity index (χ1v) is 10.5. The number of amides is 1. The third-order valence-corrected chi connectivity index (χ3v) is 5.80. The number of hydrogen-bond acceptors (Lipinski definition) is 7. The quantitative estimate of drug-likeness (QED) is 0.205. The number of anilines is 2. The van der Waals surface area contributed by atoms with Crippen LogP contribution in [0.4, 0.5) is 33.8 Å². The minimum atomic E-state index is -4.67. The van der Waals surface area contributed by atoms with Gasteiger partial charge in [-0.15, -0.1) is 4.48 Å². The Labute approximate surface area is 191 Å². The Balaban J connectivity index is 1.44. The number of aromatic nitrogens is 3. The molecule has 2 fully saturated rings. The monoisotopic (exact) mass is 484 g/mol. The molecule has 4 rings (SSSR count). The van der Waals surface area contributed by atoms with Crippen LogP contribution in [0.1, 0.15) is 41.6 Å². The molecule has 2 aliphatic rings. The molecule has 0 spiro atoms. The maximum absolute atomic E-state index is 14.3. The predicted molar refractivity (Wildman–Crippen MR) is 111 cm³/mol. The number of alkyl halides is 3. The smallest absolute Gasteiger partial charge is 0.354 e. The Hall–Kier alpha value is -3.42. The lowest BCUT2D eigenvalue weighted by molar-refractivity contribution is -0.138. The molecule has 0 radical (unpaired) electrons. The SMILES string of the molecule is N=CN(NF)c1ncc(C(=O)N(C2CC2)C2CCN(c3ncc(C(F)(F)F)cc3F)CC2)cn1. The van der Waals surface area contributed by atoms with Crippen molar-refractivity contribution in [2.24, 2.45) is 0 Å². The number of carbonyl (C=O) groups excluding carboxylic acids is 1. The zero-order valence-electron chi connectivity index (χ0n) is 17.8. The van der Waals surface area contributed by atoms with Gasteiger partial charge in [0.25, 0.3) is 5.91 Å².